The van der Waals surface area contributed by atoms with Gasteiger partial charge in [-0.05, 0) is 0 Å². The number of hydrogen-bond donors (Lipinski definition) is 0. The van der Waals surface area contributed by atoms with E-state index in [0.717, 1.165) is 0 Å². The fraction of sp³-hybridized carbons (Fsp3) is 1.00. The predicted molar refractivity (Wildman–Crippen MR) is 55.2 cm³/mol. The molecule has 1 aliphatic rings. The van der Waals surface area contributed by atoms with Gasteiger partial charge >= 0.3 is 81.2 Å². The first kappa shape index (κ1) is 10.8. The molecular formula is C8H21N3Sn. The van der Waals surface area contributed by atoms with Gasteiger partial charge in [-0.2, -0.15) is 0 Å². The van der Waals surface area contributed by atoms with Crippen molar-refractivity contribution in [2.24, 2.45) is 0 Å². The van der Waals surface area contributed by atoms with Gasteiger partial charge in [0.25, 0.3) is 0 Å². The van der Waals surface area contributed by atoms with Gasteiger partial charge in [0.15, 0.2) is 0 Å². The van der Waals surface area contributed by atoms with Gasteiger partial charge in [0.2, 0.25) is 0 Å². The Kier molecular flexibility index (Phi) is 3.42. The zero-order chi connectivity index (χ0) is 9.35. The van der Waals surface area contributed by atoms with Crippen molar-refractivity contribution in [1.82, 2.24) is 9.36 Å². The zero-order valence-electron chi connectivity index (χ0n) is 8.96. The minimum absolute atomic E-state index is 1.30. The van der Waals surface area contributed by atoms with E-state index in [0.29, 0.717) is 0 Å². The Morgan fingerprint density at radius 1 is 1.08 bits per heavy atom. The molecule has 0 amide bonds. The second-order valence-electron chi connectivity index (χ2n) is 4.09. The van der Waals surface area contributed by atoms with Crippen molar-refractivity contribution >= 4 is 19.2 Å². The van der Waals surface area contributed by atoms with Crippen LogP contribution in [0, 0.1) is 0 Å². The summed E-state index contributed by atoms with van der Waals surface area (Å²) >= 11 is -2.18. The molecule has 0 saturated carbocycles. The molecule has 3 nitrogen and oxygen atoms in total. The summed E-state index contributed by atoms with van der Waals surface area (Å²) in [6, 6.07) is 0. The van der Waals surface area contributed by atoms with Crippen LogP contribution in [0.3, 0.4) is 0 Å². The zero-order valence-corrected chi connectivity index (χ0v) is 11.8. The van der Waals surface area contributed by atoms with E-state index in [9.17, 15) is 0 Å². The maximum atomic E-state index is 2.63. The first-order valence-electron chi connectivity index (χ1n) is 4.58. The second kappa shape index (κ2) is 3.82. The van der Waals surface area contributed by atoms with Crippen LogP contribution < -0.4 is 0 Å². The van der Waals surface area contributed by atoms with Gasteiger partial charge in [-0.25, -0.2) is 0 Å². The predicted octanol–water partition coefficient (Wildman–Crippen LogP) is 0.384. The van der Waals surface area contributed by atoms with Gasteiger partial charge in [0.1, 0.15) is 0 Å². The molecule has 0 N–H and O–H groups in total. The second-order valence-corrected chi connectivity index (χ2v) is 17.2. The number of rotatable bonds is 2. The molecule has 0 atom stereocenters. The summed E-state index contributed by atoms with van der Waals surface area (Å²) in [5, 5.41) is 0. The molecule has 0 unspecified atom stereocenters. The first-order valence-corrected chi connectivity index (χ1v) is 10.4. The Morgan fingerprint density at radius 3 is 1.75 bits per heavy atom. The molecule has 0 spiro atoms. The van der Waals surface area contributed by atoms with Crippen molar-refractivity contribution < 1.29 is 0 Å². The van der Waals surface area contributed by atoms with Crippen LogP contribution in [-0.4, -0.2) is 70.3 Å². The summed E-state index contributed by atoms with van der Waals surface area (Å²) in [6.45, 7) is 1.30. The third kappa shape index (κ3) is 1.52. The van der Waals surface area contributed by atoms with E-state index in [4.69, 9.17) is 0 Å². The molecule has 0 aliphatic carbocycles. The third-order valence-corrected chi connectivity index (χ3v) is 18.3. The van der Waals surface area contributed by atoms with E-state index in [1.807, 2.05) is 0 Å². The molecule has 12 heavy (non-hydrogen) atoms. The Labute approximate surface area is 81.2 Å². The first-order chi connectivity index (χ1) is 5.51. The van der Waals surface area contributed by atoms with E-state index in [-0.39, 0.29) is 0 Å². The van der Waals surface area contributed by atoms with Crippen LogP contribution in [0.2, 0.25) is 4.44 Å². The van der Waals surface area contributed by atoms with Crippen LogP contribution in [0.4, 0.5) is 0 Å². The van der Waals surface area contributed by atoms with Crippen molar-refractivity contribution in [3.8, 4) is 0 Å². The van der Waals surface area contributed by atoms with E-state index in [1.54, 1.807) is 0 Å². The van der Waals surface area contributed by atoms with Gasteiger partial charge in [-0.15, -0.1) is 0 Å². The number of hydrogen-bond acceptors (Lipinski definition) is 3. The summed E-state index contributed by atoms with van der Waals surface area (Å²) in [5.41, 5.74) is 0. The van der Waals surface area contributed by atoms with E-state index in [2.05, 4.69) is 44.6 Å². The average Bonchev–Trinajstić information content (AvgIpc) is 2.31. The average molecular weight is 278 g/mol. The van der Waals surface area contributed by atoms with Crippen LogP contribution in [-0.2, 0) is 0 Å². The standard InChI is InChI=1S/C4H9N.2C2H6N.Sn/c1-3-4-5-2;2*1-3-2;/h1,3-4H2,2H3;2*1-2H3;/q3*-1;+3. The molecular weight excluding hydrogens is 257 g/mol. The molecule has 1 heterocycles. The van der Waals surface area contributed by atoms with Gasteiger partial charge < -0.3 is 0 Å². The van der Waals surface area contributed by atoms with Gasteiger partial charge in [-0.3, -0.25) is 0 Å². The molecule has 72 valence electrons. The monoisotopic (exact) mass is 279 g/mol. The summed E-state index contributed by atoms with van der Waals surface area (Å²) in [5.74, 6) is 0. The van der Waals surface area contributed by atoms with Crippen molar-refractivity contribution in [2.75, 3.05) is 41.8 Å². The van der Waals surface area contributed by atoms with Crippen molar-refractivity contribution in [3.05, 3.63) is 0 Å². The third-order valence-electron chi connectivity index (χ3n) is 3.05. The Balaban J connectivity index is 2.85. The summed E-state index contributed by atoms with van der Waals surface area (Å²) in [7, 11) is 11.3. The maximum absolute atomic E-state index is 2.63. The molecule has 1 aliphatic heterocycles. The minimum atomic E-state index is -2.18. The van der Waals surface area contributed by atoms with Crippen LogP contribution in [0.1, 0.15) is 6.42 Å². The molecule has 0 aromatic rings. The Bertz CT molecular complexity index is 150. The van der Waals surface area contributed by atoms with E-state index in [1.165, 1.54) is 17.4 Å². The van der Waals surface area contributed by atoms with Gasteiger partial charge in [0, 0.05) is 0 Å². The molecule has 0 radical (unpaired) electrons. The van der Waals surface area contributed by atoms with Crippen LogP contribution in [0.25, 0.3) is 0 Å². The normalized spacial score (nSPS) is 24.2. The topological polar surface area (TPSA) is 9.72 Å². The Morgan fingerprint density at radius 2 is 1.58 bits per heavy atom. The molecule has 1 fully saturated rings. The van der Waals surface area contributed by atoms with Gasteiger partial charge in [0.05, 0.1) is 0 Å². The molecule has 0 aromatic carbocycles. The van der Waals surface area contributed by atoms with E-state index < -0.39 is 19.2 Å². The van der Waals surface area contributed by atoms with E-state index >= 15 is 0 Å². The molecule has 0 aromatic heterocycles. The SMILES string of the molecule is C[N](C)[Sn]1([N](C)C)[CH2]CC[N]1C. The van der Waals surface area contributed by atoms with Gasteiger partial charge in [-0.1, -0.05) is 0 Å². The van der Waals surface area contributed by atoms with Crippen molar-refractivity contribution in [2.45, 2.75) is 10.9 Å². The van der Waals surface area contributed by atoms with Crippen LogP contribution >= 0.6 is 0 Å². The molecule has 1 rings (SSSR count). The Hall–Kier alpha value is 0.679. The molecule has 1 saturated heterocycles. The quantitative estimate of drug-likeness (QED) is 0.676. The van der Waals surface area contributed by atoms with Crippen molar-refractivity contribution in [3.63, 3.8) is 0 Å². The van der Waals surface area contributed by atoms with Crippen LogP contribution in [0.5, 0.6) is 0 Å². The molecule has 4 heteroatoms. The molecule has 0 bridgehead atoms. The van der Waals surface area contributed by atoms with Crippen molar-refractivity contribution in [1.29, 1.82) is 0 Å². The summed E-state index contributed by atoms with van der Waals surface area (Å²) in [6.07, 6.45) is 1.39. The number of nitrogens with zero attached hydrogens (tertiary/aromatic N) is 3. The fourth-order valence-corrected chi connectivity index (χ4v) is 15.6. The van der Waals surface area contributed by atoms with Crippen LogP contribution in [0.15, 0.2) is 0 Å². The fourth-order valence-electron chi connectivity index (χ4n) is 2.45. The summed E-state index contributed by atoms with van der Waals surface area (Å²) in [4.78, 5) is 0. The summed E-state index contributed by atoms with van der Waals surface area (Å²) < 4.78 is 9.11.